The highest BCUT2D eigenvalue weighted by molar-refractivity contribution is 6.06. The number of pyridine rings is 2. The van der Waals surface area contributed by atoms with Gasteiger partial charge in [-0.25, -0.2) is 9.67 Å². The summed E-state index contributed by atoms with van der Waals surface area (Å²) in [5.74, 6) is -0.435. The number of nitro benzene ring substituents is 1. The summed E-state index contributed by atoms with van der Waals surface area (Å²) in [6, 6.07) is 9.57. The molecule has 0 saturated heterocycles. The summed E-state index contributed by atoms with van der Waals surface area (Å²) < 4.78 is 1.67. The highest BCUT2D eigenvalue weighted by atomic mass is 16.6. The van der Waals surface area contributed by atoms with Gasteiger partial charge in [0, 0.05) is 29.9 Å². The Hall–Kier alpha value is -4.34. The number of fused-ring (bicyclic) bond motifs is 1. The molecule has 0 saturated carbocycles. The topological polar surface area (TPSA) is 136 Å². The summed E-state index contributed by atoms with van der Waals surface area (Å²) in [5, 5.41) is 19.3. The molecule has 0 aliphatic carbocycles. The third-order valence-corrected chi connectivity index (χ3v) is 5.60. The van der Waals surface area contributed by atoms with Crippen molar-refractivity contribution in [2.75, 3.05) is 0 Å². The molecule has 174 valence electrons. The van der Waals surface area contributed by atoms with E-state index in [1.54, 1.807) is 36.0 Å². The van der Waals surface area contributed by atoms with E-state index in [2.05, 4.69) is 20.4 Å². The molecule has 4 rings (SSSR count). The van der Waals surface area contributed by atoms with Crippen LogP contribution in [0.4, 0.5) is 5.69 Å². The fraction of sp³-hybridized carbons (Fsp3) is 0.250. The Bertz CT molecular complexity index is 1480. The van der Waals surface area contributed by atoms with Crippen LogP contribution in [-0.4, -0.2) is 30.6 Å². The number of para-hydroxylation sites is 1. The number of nitrogens with one attached hydrogen (secondary N) is 2. The van der Waals surface area contributed by atoms with Gasteiger partial charge in [-0.2, -0.15) is 5.10 Å². The summed E-state index contributed by atoms with van der Waals surface area (Å²) in [7, 11) is 0. The molecule has 2 N–H and O–H groups in total. The first kappa shape index (κ1) is 22.8. The molecule has 3 heterocycles. The van der Waals surface area contributed by atoms with E-state index in [4.69, 9.17) is 0 Å². The van der Waals surface area contributed by atoms with Gasteiger partial charge in [-0.05, 0) is 51.5 Å². The average Bonchev–Trinajstić information content (AvgIpc) is 3.22. The van der Waals surface area contributed by atoms with Crippen LogP contribution in [0.15, 0.2) is 47.4 Å². The highest BCUT2D eigenvalue weighted by Gasteiger charge is 2.22. The lowest BCUT2D eigenvalue weighted by Gasteiger charge is -2.12. The largest absolute Gasteiger partial charge is 0.348 e. The molecular formula is C24H24N6O4. The SMILES string of the molecule is Cc1cc(C)c(CNC(=O)c2cc(-c3ccccc3[N+](=O)[O-])nc3c2cnn3C(C)C)c(=O)[nH]1. The van der Waals surface area contributed by atoms with Crippen molar-refractivity contribution in [3.05, 3.63) is 85.4 Å². The molecule has 0 bridgehead atoms. The van der Waals surface area contributed by atoms with Crippen molar-refractivity contribution in [2.45, 2.75) is 40.3 Å². The third-order valence-electron chi connectivity index (χ3n) is 5.60. The second kappa shape index (κ2) is 8.89. The quantitative estimate of drug-likeness (QED) is 0.332. The van der Waals surface area contributed by atoms with Gasteiger partial charge in [0.15, 0.2) is 5.65 Å². The lowest BCUT2D eigenvalue weighted by atomic mass is 10.0. The summed E-state index contributed by atoms with van der Waals surface area (Å²) >= 11 is 0. The van der Waals surface area contributed by atoms with E-state index in [0.29, 0.717) is 22.2 Å². The Morgan fingerprint density at radius 1 is 1.24 bits per heavy atom. The van der Waals surface area contributed by atoms with Crippen LogP contribution in [0.25, 0.3) is 22.3 Å². The van der Waals surface area contributed by atoms with Crippen LogP contribution < -0.4 is 10.9 Å². The third kappa shape index (κ3) is 4.17. The van der Waals surface area contributed by atoms with Gasteiger partial charge in [-0.15, -0.1) is 0 Å². The van der Waals surface area contributed by atoms with Crippen LogP contribution in [0, 0.1) is 24.0 Å². The fourth-order valence-corrected chi connectivity index (χ4v) is 3.94. The van der Waals surface area contributed by atoms with Crippen LogP contribution >= 0.6 is 0 Å². The zero-order valence-electron chi connectivity index (χ0n) is 19.2. The lowest BCUT2D eigenvalue weighted by molar-refractivity contribution is -0.384. The number of aryl methyl sites for hydroxylation is 2. The first-order chi connectivity index (χ1) is 16.2. The van der Waals surface area contributed by atoms with Crippen molar-refractivity contribution in [3.63, 3.8) is 0 Å². The van der Waals surface area contributed by atoms with Crippen molar-refractivity contribution in [1.82, 2.24) is 25.1 Å². The Balaban J connectivity index is 1.82. The second-order valence-corrected chi connectivity index (χ2v) is 8.38. The molecule has 0 fully saturated rings. The summed E-state index contributed by atoms with van der Waals surface area (Å²) in [6.45, 7) is 7.49. The molecule has 0 spiro atoms. The Morgan fingerprint density at radius 3 is 2.65 bits per heavy atom. The molecule has 10 nitrogen and oxygen atoms in total. The number of hydrogen-bond donors (Lipinski definition) is 2. The van der Waals surface area contributed by atoms with Crippen LogP contribution in [-0.2, 0) is 6.54 Å². The molecule has 3 aromatic heterocycles. The van der Waals surface area contributed by atoms with E-state index in [-0.39, 0.29) is 35.1 Å². The average molecular weight is 460 g/mol. The van der Waals surface area contributed by atoms with Crippen LogP contribution in [0.1, 0.15) is 47.1 Å². The van der Waals surface area contributed by atoms with Gasteiger partial charge in [-0.1, -0.05) is 12.1 Å². The van der Waals surface area contributed by atoms with E-state index in [1.807, 2.05) is 26.8 Å². The van der Waals surface area contributed by atoms with Crippen molar-refractivity contribution >= 4 is 22.6 Å². The van der Waals surface area contributed by atoms with Gasteiger partial charge in [-0.3, -0.25) is 19.7 Å². The molecule has 0 aliphatic rings. The Morgan fingerprint density at radius 2 is 1.97 bits per heavy atom. The number of carbonyl (C=O) groups excluding carboxylic acids is 1. The Kier molecular flexibility index (Phi) is 5.97. The number of H-pyrrole nitrogens is 1. The molecule has 0 radical (unpaired) electrons. The predicted molar refractivity (Wildman–Crippen MR) is 128 cm³/mol. The maximum atomic E-state index is 13.3. The van der Waals surface area contributed by atoms with Crippen molar-refractivity contribution in [3.8, 4) is 11.3 Å². The lowest BCUT2D eigenvalue weighted by Crippen LogP contribution is -2.28. The van der Waals surface area contributed by atoms with Gasteiger partial charge >= 0.3 is 0 Å². The number of carbonyl (C=O) groups is 1. The van der Waals surface area contributed by atoms with Crippen molar-refractivity contribution in [2.24, 2.45) is 0 Å². The number of rotatable bonds is 6. The number of aromatic amines is 1. The number of nitro groups is 1. The Labute approximate surface area is 194 Å². The van der Waals surface area contributed by atoms with Gasteiger partial charge in [0.2, 0.25) is 0 Å². The molecule has 0 atom stereocenters. The smallest absolute Gasteiger partial charge is 0.278 e. The molecule has 4 aromatic rings. The molecule has 1 aromatic carbocycles. The van der Waals surface area contributed by atoms with E-state index in [9.17, 15) is 19.7 Å². The van der Waals surface area contributed by atoms with Crippen molar-refractivity contribution in [1.29, 1.82) is 0 Å². The number of amides is 1. The minimum absolute atomic E-state index is 0.0310. The fourth-order valence-electron chi connectivity index (χ4n) is 3.94. The number of benzene rings is 1. The minimum Gasteiger partial charge on any atom is -0.348 e. The van der Waals surface area contributed by atoms with Gasteiger partial charge in [0.1, 0.15) is 0 Å². The van der Waals surface area contributed by atoms with Crippen LogP contribution in [0.2, 0.25) is 0 Å². The first-order valence-electron chi connectivity index (χ1n) is 10.8. The molecule has 0 aliphatic heterocycles. The predicted octanol–water partition coefficient (Wildman–Crippen LogP) is 3.82. The van der Waals surface area contributed by atoms with Crippen molar-refractivity contribution < 1.29 is 9.72 Å². The normalized spacial score (nSPS) is 11.2. The van der Waals surface area contributed by atoms with E-state index in [0.717, 1.165) is 11.3 Å². The minimum atomic E-state index is -0.479. The molecule has 10 heteroatoms. The first-order valence-corrected chi connectivity index (χ1v) is 10.8. The summed E-state index contributed by atoms with van der Waals surface area (Å²) in [5.41, 5.74) is 2.90. The van der Waals surface area contributed by atoms with E-state index >= 15 is 0 Å². The van der Waals surface area contributed by atoms with Crippen LogP contribution in [0.3, 0.4) is 0 Å². The van der Waals surface area contributed by atoms with E-state index in [1.165, 1.54) is 12.1 Å². The number of nitrogens with zero attached hydrogens (tertiary/aromatic N) is 4. The summed E-state index contributed by atoms with van der Waals surface area (Å²) in [4.78, 5) is 44.1. The number of aromatic nitrogens is 4. The molecule has 34 heavy (non-hydrogen) atoms. The second-order valence-electron chi connectivity index (χ2n) is 8.38. The summed E-state index contributed by atoms with van der Waals surface area (Å²) in [6.07, 6.45) is 1.56. The number of hydrogen-bond acceptors (Lipinski definition) is 6. The molecule has 0 unspecified atom stereocenters. The zero-order valence-corrected chi connectivity index (χ0v) is 19.2. The maximum Gasteiger partial charge on any atom is 0.278 e. The van der Waals surface area contributed by atoms with Gasteiger partial charge in [0.25, 0.3) is 17.2 Å². The standard InChI is InChI=1S/C24H24N6O4/c1-13(2)29-22-19(12-26-29)17(10-20(28-22)16-7-5-6-8-21(16)30(33)34)23(31)25-11-18-14(3)9-15(4)27-24(18)32/h5-10,12-13H,11H2,1-4H3,(H,25,31)(H,27,32). The maximum absolute atomic E-state index is 13.3. The molecule has 1 amide bonds. The van der Waals surface area contributed by atoms with Gasteiger partial charge in [0.05, 0.1) is 33.3 Å². The monoisotopic (exact) mass is 460 g/mol. The van der Waals surface area contributed by atoms with E-state index < -0.39 is 10.8 Å². The highest BCUT2D eigenvalue weighted by Crippen LogP contribution is 2.31. The van der Waals surface area contributed by atoms with Gasteiger partial charge < -0.3 is 10.3 Å². The molecular weight excluding hydrogens is 436 g/mol. The zero-order chi connectivity index (χ0) is 24.6. The van der Waals surface area contributed by atoms with Crippen LogP contribution in [0.5, 0.6) is 0 Å².